The average molecular weight is 295 g/mol. The minimum Gasteiger partial charge on any atom is -0.384 e. The van der Waals surface area contributed by atoms with Crippen LogP contribution in [0.1, 0.15) is 40.0 Å². The standard InChI is InChI=1S/C17H17N3O2/c1-10-11-5-6-12(16(22)17-18-7-8-19-17)15(21)14(11)20-9-3-2-4-13(10)20/h2-4,7-9,12,16,22H,5-6H2,1H3,(H,18,19). The molecule has 0 aliphatic heterocycles. The van der Waals surface area contributed by atoms with Gasteiger partial charge in [-0.15, -0.1) is 0 Å². The number of imidazole rings is 1. The van der Waals surface area contributed by atoms with E-state index < -0.39 is 12.0 Å². The summed E-state index contributed by atoms with van der Waals surface area (Å²) < 4.78 is 1.95. The summed E-state index contributed by atoms with van der Waals surface area (Å²) in [7, 11) is 0. The Kier molecular flexibility index (Phi) is 2.90. The Hall–Kier alpha value is -2.40. The number of hydrogen-bond acceptors (Lipinski definition) is 3. The van der Waals surface area contributed by atoms with Gasteiger partial charge in [-0.2, -0.15) is 0 Å². The number of carbonyl (C=O) groups excluding carboxylic acids is 1. The minimum atomic E-state index is -0.884. The summed E-state index contributed by atoms with van der Waals surface area (Å²) in [5.41, 5.74) is 4.05. The summed E-state index contributed by atoms with van der Waals surface area (Å²) in [5.74, 6) is 0.00943. The van der Waals surface area contributed by atoms with E-state index in [0.717, 1.165) is 28.8 Å². The van der Waals surface area contributed by atoms with Crippen molar-refractivity contribution in [3.63, 3.8) is 0 Å². The molecule has 0 bridgehead atoms. The van der Waals surface area contributed by atoms with Gasteiger partial charge in [0.25, 0.3) is 0 Å². The van der Waals surface area contributed by atoms with E-state index in [-0.39, 0.29) is 5.78 Å². The molecule has 5 nitrogen and oxygen atoms in total. The number of Topliss-reactive ketones (excluding diaryl/α,β-unsaturated/α-hetero) is 1. The summed E-state index contributed by atoms with van der Waals surface area (Å²) in [6.07, 6.45) is 5.73. The van der Waals surface area contributed by atoms with Crippen molar-refractivity contribution in [1.29, 1.82) is 0 Å². The second-order valence-corrected chi connectivity index (χ2v) is 5.84. The highest BCUT2D eigenvalue weighted by Gasteiger charge is 2.37. The molecule has 0 spiro atoms. The molecule has 2 N–H and O–H groups in total. The first-order valence-corrected chi connectivity index (χ1v) is 7.48. The number of fused-ring (bicyclic) bond motifs is 3. The van der Waals surface area contributed by atoms with Gasteiger partial charge in [0, 0.05) is 24.1 Å². The number of ketones is 1. The van der Waals surface area contributed by atoms with Crippen LogP contribution < -0.4 is 0 Å². The van der Waals surface area contributed by atoms with Gasteiger partial charge in [-0.3, -0.25) is 4.79 Å². The van der Waals surface area contributed by atoms with Crippen molar-refractivity contribution in [2.45, 2.75) is 25.9 Å². The number of nitrogens with one attached hydrogen (secondary N) is 1. The topological polar surface area (TPSA) is 70.4 Å². The monoisotopic (exact) mass is 295 g/mol. The summed E-state index contributed by atoms with van der Waals surface area (Å²) in [5, 5.41) is 10.5. The average Bonchev–Trinajstić information content (AvgIpc) is 3.16. The van der Waals surface area contributed by atoms with Gasteiger partial charge in [0.2, 0.25) is 0 Å². The predicted molar refractivity (Wildman–Crippen MR) is 81.8 cm³/mol. The van der Waals surface area contributed by atoms with E-state index >= 15 is 0 Å². The van der Waals surface area contributed by atoms with Crippen LogP contribution in [0.2, 0.25) is 0 Å². The van der Waals surface area contributed by atoms with Crippen molar-refractivity contribution in [3.8, 4) is 0 Å². The fourth-order valence-corrected chi connectivity index (χ4v) is 3.53. The number of aliphatic hydroxyl groups is 1. The van der Waals surface area contributed by atoms with Gasteiger partial charge in [0.05, 0.1) is 11.6 Å². The van der Waals surface area contributed by atoms with E-state index in [1.54, 1.807) is 12.4 Å². The lowest BCUT2D eigenvalue weighted by Gasteiger charge is -2.25. The lowest BCUT2D eigenvalue weighted by molar-refractivity contribution is 0.0606. The molecule has 3 aromatic rings. The number of carbonyl (C=O) groups is 1. The highest BCUT2D eigenvalue weighted by Crippen LogP contribution is 2.36. The molecule has 2 unspecified atom stereocenters. The van der Waals surface area contributed by atoms with Gasteiger partial charge in [-0.05, 0) is 43.0 Å². The van der Waals surface area contributed by atoms with Gasteiger partial charge < -0.3 is 14.5 Å². The normalized spacial score (nSPS) is 19.4. The maximum Gasteiger partial charge on any atom is 0.185 e. The Bertz CT molecular complexity index is 848. The lowest BCUT2D eigenvalue weighted by Crippen LogP contribution is -2.29. The summed E-state index contributed by atoms with van der Waals surface area (Å²) in [4.78, 5) is 19.9. The van der Waals surface area contributed by atoms with Crippen LogP contribution in [0.25, 0.3) is 5.52 Å². The smallest absolute Gasteiger partial charge is 0.185 e. The second kappa shape index (κ2) is 4.81. The van der Waals surface area contributed by atoms with Crippen LogP contribution in [-0.2, 0) is 6.42 Å². The Morgan fingerprint density at radius 1 is 1.45 bits per heavy atom. The molecule has 1 aliphatic rings. The third-order valence-corrected chi connectivity index (χ3v) is 4.68. The fourth-order valence-electron chi connectivity index (χ4n) is 3.53. The third kappa shape index (κ3) is 1.75. The number of pyridine rings is 1. The molecular formula is C17H17N3O2. The number of nitrogens with zero attached hydrogens (tertiary/aromatic N) is 2. The SMILES string of the molecule is Cc1c2c(n3ccccc13)C(=O)C(C(O)c1ncc[nH]1)CC2. The van der Waals surface area contributed by atoms with Gasteiger partial charge >= 0.3 is 0 Å². The van der Waals surface area contributed by atoms with Gasteiger partial charge in [0.1, 0.15) is 11.9 Å². The number of aromatic nitrogens is 3. The van der Waals surface area contributed by atoms with Crippen LogP contribution >= 0.6 is 0 Å². The second-order valence-electron chi connectivity index (χ2n) is 5.84. The molecule has 0 amide bonds. The number of aliphatic hydroxyl groups excluding tert-OH is 1. The van der Waals surface area contributed by atoms with Gasteiger partial charge in [0.15, 0.2) is 5.78 Å². The van der Waals surface area contributed by atoms with Crippen LogP contribution in [0.4, 0.5) is 0 Å². The fraction of sp³-hybridized carbons (Fsp3) is 0.294. The molecular weight excluding hydrogens is 278 g/mol. The third-order valence-electron chi connectivity index (χ3n) is 4.68. The van der Waals surface area contributed by atoms with Crippen molar-refractivity contribution in [1.82, 2.24) is 14.4 Å². The number of hydrogen-bond donors (Lipinski definition) is 2. The minimum absolute atomic E-state index is 0.000509. The van der Waals surface area contributed by atoms with E-state index in [4.69, 9.17) is 0 Å². The van der Waals surface area contributed by atoms with E-state index in [1.165, 1.54) is 0 Å². The molecule has 2 atom stereocenters. The van der Waals surface area contributed by atoms with E-state index in [1.807, 2.05) is 28.8 Å². The number of rotatable bonds is 2. The molecule has 1 aliphatic carbocycles. The Morgan fingerprint density at radius 2 is 2.32 bits per heavy atom. The van der Waals surface area contributed by atoms with Crippen molar-refractivity contribution in [2.75, 3.05) is 0 Å². The summed E-state index contributed by atoms with van der Waals surface area (Å²) in [6, 6.07) is 5.93. The zero-order chi connectivity index (χ0) is 15.3. The molecule has 0 saturated heterocycles. The van der Waals surface area contributed by atoms with Crippen molar-refractivity contribution < 1.29 is 9.90 Å². The van der Waals surface area contributed by atoms with Gasteiger partial charge in [-0.25, -0.2) is 4.98 Å². The Morgan fingerprint density at radius 3 is 3.09 bits per heavy atom. The van der Waals surface area contributed by atoms with E-state index in [0.29, 0.717) is 12.2 Å². The van der Waals surface area contributed by atoms with Crippen LogP contribution in [0.3, 0.4) is 0 Å². The number of H-pyrrole nitrogens is 1. The van der Waals surface area contributed by atoms with Crippen molar-refractivity contribution >= 4 is 11.3 Å². The first-order chi connectivity index (χ1) is 10.7. The Balaban J connectivity index is 1.82. The maximum atomic E-state index is 13.0. The molecule has 0 fully saturated rings. The van der Waals surface area contributed by atoms with Crippen molar-refractivity contribution in [3.05, 3.63) is 59.4 Å². The largest absolute Gasteiger partial charge is 0.384 e. The molecule has 22 heavy (non-hydrogen) atoms. The highest BCUT2D eigenvalue weighted by atomic mass is 16.3. The first-order valence-electron chi connectivity index (χ1n) is 7.48. The maximum absolute atomic E-state index is 13.0. The molecule has 5 heteroatoms. The number of aromatic amines is 1. The van der Waals surface area contributed by atoms with Crippen LogP contribution in [-0.4, -0.2) is 25.3 Å². The molecule has 0 saturated carbocycles. The molecule has 0 aromatic carbocycles. The molecule has 0 radical (unpaired) electrons. The molecule has 4 rings (SSSR count). The number of aryl methyl sites for hydroxylation is 1. The molecule has 3 heterocycles. The van der Waals surface area contributed by atoms with E-state index in [9.17, 15) is 9.90 Å². The zero-order valence-corrected chi connectivity index (χ0v) is 12.3. The quantitative estimate of drug-likeness (QED) is 0.763. The molecule has 112 valence electrons. The van der Waals surface area contributed by atoms with Crippen LogP contribution in [0, 0.1) is 12.8 Å². The summed E-state index contributed by atoms with van der Waals surface area (Å²) >= 11 is 0. The van der Waals surface area contributed by atoms with E-state index in [2.05, 4.69) is 16.9 Å². The highest BCUT2D eigenvalue weighted by molar-refractivity contribution is 6.01. The van der Waals surface area contributed by atoms with Crippen molar-refractivity contribution in [2.24, 2.45) is 5.92 Å². The van der Waals surface area contributed by atoms with Crippen LogP contribution in [0.5, 0.6) is 0 Å². The first kappa shape index (κ1) is 13.3. The predicted octanol–water partition coefficient (Wildman–Crippen LogP) is 2.45. The molecule has 3 aromatic heterocycles. The zero-order valence-electron chi connectivity index (χ0n) is 12.3. The Labute approximate surface area is 127 Å². The lowest BCUT2D eigenvalue weighted by atomic mass is 9.82. The summed E-state index contributed by atoms with van der Waals surface area (Å²) in [6.45, 7) is 2.06. The van der Waals surface area contributed by atoms with Gasteiger partial charge in [-0.1, -0.05) is 6.07 Å². The van der Waals surface area contributed by atoms with Crippen LogP contribution in [0.15, 0.2) is 36.8 Å².